The van der Waals surface area contributed by atoms with E-state index in [0.29, 0.717) is 0 Å². The molecule has 0 aromatic rings. The van der Waals surface area contributed by atoms with E-state index in [2.05, 4.69) is 24.5 Å². The van der Waals surface area contributed by atoms with Gasteiger partial charge in [-0.15, -0.1) is 13.2 Å². The highest BCUT2D eigenvalue weighted by molar-refractivity contribution is 5.81. The van der Waals surface area contributed by atoms with Crippen molar-refractivity contribution in [2.24, 2.45) is 0 Å². The van der Waals surface area contributed by atoms with Crippen LogP contribution in [0.1, 0.15) is 13.8 Å². The van der Waals surface area contributed by atoms with E-state index in [9.17, 15) is 4.79 Å². The summed E-state index contributed by atoms with van der Waals surface area (Å²) >= 11 is 0. The van der Waals surface area contributed by atoms with Gasteiger partial charge in [0, 0.05) is 6.08 Å². The summed E-state index contributed by atoms with van der Waals surface area (Å²) in [5.74, 6) is -0.501. The molecule has 0 unspecified atom stereocenters. The maximum Gasteiger partial charge on any atom is 0.330 e. The molecule has 0 rings (SSSR count). The van der Waals surface area contributed by atoms with Crippen molar-refractivity contribution in [1.29, 1.82) is 0 Å². The van der Waals surface area contributed by atoms with Gasteiger partial charge < -0.3 is 9.84 Å². The Morgan fingerprint density at radius 1 is 1.29 bits per heavy atom. The number of hydrogen-bond donors (Lipinski definition) is 1. The van der Waals surface area contributed by atoms with Gasteiger partial charge in [0.1, 0.15) is 6.61 Å². The number of rotatable bonds is 3. The molecule has 0 aliphatic rings. The van der Waals surface area contributed by atoms with E-state index < -0.39 is 5.97 Å². The van der Waals surface area contributed by atoms with Crippen molar-refractivity contribution >= 4 is 5.97 Å². The van der Waals surface area contributed by atoms with Gasteiger partial charge in [-0.25, -0.2) is 4.79 Å². The van der Waals surface area contributed by atoms with Gasteiger partial charge in [-0.05, 0) is 13.8 Å². The normalized spacial score (nSPS) is 6.50. The molecule has 3 heteroatoms. The Hall–Kier alpha value is -1.35. The number of aliphatic hydroxyl groups is 1. The van der Waals surface area contributed by atoms with Crippen molar-refractivity contribution in [2.45, 2.75) is 13.8 Å². The van der Waals surface area contributed by atoms with Crippen molar-refractivity contribution in [3.05, 3.63) is 38.0 Å². The van der Waals surface area contributed by atoms with Crippen LogP contribution in [0.3, 0.4) is 0 Å². The molecule has 82 valence electrons. The highest BCUT2D eigenvalue weighted by atomic mass is 16.5. The molecule has 0 heterocycles. The quantitative estimate of drug-likeness (QED) is 0.431. The van der Waals surface area contributed by atoms with Gasteiger partial charge in [-0.1, -0.05) is 18.7 Å². The van der Waals surface area contributed by atoms with Crippen LogP contribution >= 0.6 is 0 Å². The number of hydrogen-bond acceptors (Lipinski definition) is 3. The Kier molecular flexibility index (Phi) is 29.7. The summed E-state index contributed by atoms with van der Waals surface area (Å²) in [6, 6.07) is 0. The van der Waals surface area contributed by atoms with Gasteiger partial charge in [-0.2, -0.15) is 0 Å². The van der Waals surface area contributed by atoms with Gasteiger partial charge in [-0.3, -0.25) is 0 Å². The van der Waals surface area contributed by atoms with Crippen LogP contribution in [0.5, 0.6) is 0 Å². The van der Waals surface area contributed by atoms with Crippen molar-refractivity contribution < 1.29 is 14.6 Å². The molecular formula is C11H20O3. The molecule has 0 aliphatic carbocycles. The van der Waals surface area contributed by atoms with Crippen LogP contribution in [-0.4, -0.2) is 24.3 Å². The van der Waals surface area contributed by atoms with Gasteiger partial charge in [0.15, 0.2) is 0 Å². The first-order chi connectivity index (χ1) is 6.64. The fourth-order valence-corrected chi connectivity index (χ4v) is 0.205. The van der Waals surface area contributed by atoms with E-state index in [4.69, 9.17) is 5.11 Å². The topological polar surface area (TPSA) is 46.5 Å². The zero-order chi connectivity index (χ0) is 11.8. The molecule has 0 saturated carbocycles. The molecule has 0 saturated heterocycles. The molecule has 0 bridgehead atoms. The minimum atomic E-state index is -0.501. The number of aliphatic hydroxyl groups excluding tert-OH is 1. The zero-order valence-corrected chi connectivity index (χ0v) is 9.03. The number of esters is 1. The molecule has 0 aliphatic heterocycles. The molecule has 0 amide bonds. The second kappa shape index (κ2) is 22.6. The molecule has 0 atom stereocenters. The average molecular weight is 200 g/mol. The molecule has 14 heavy (non-hydrogen) atoms. The third-order valence-electron chi connectivity index (χ3n) is 0.502. The summed E-state index contributed by atoms with van der Waals surface area (Å²) in [7, 11) is 0. The monoisotopic (exact) mass is 200 g/mol. The van der Waals surface area contributed by atoms with Gasteiger partial charge in [0.25, 0.3) is 0 Å². The Labute approximate surface area is 86.4 Å². The molecule has 0 aromatic heterocycles. The average Bonchev–Trinajstić information content (AvgIpc) is 2.16. The van der Waals surface area contributed by atoms with Crippen LogP contribution in [-0.2, 0) is 9.53 Å². The molecule has 0 fully saturated rings. The summed E-state index contributed by atoms with van der Waals surface area (Å²) in [4.78, 5) is 10.1. The maximum atomic E-state index is 10.1. The van der Waals surface area contributed by atoms with E-state index in [1.807, 2.05) is 13.8 Å². The highest BCUT2D eigenvalue weighted by Gasteiger charge is 1.90. The van der Waals surface area contributed by atoms with Gasteiger partial charge >= 0.3 is 5.97 Å². The maximum absolute atomic E-state index is 10.1. The minimum Gasteiger partial charge on any atom is -0.460 e. The lowest BCUT2D eigenvalue weighted by Gasteiger charge is -1.94. The van der Waals surface area contributed by atoms with E-state index in [1.54, 1.807) is 12.2 Å². The standard InChI is InChI=1S/C5H8O3.2C3H6/c1-2-5(7)8-4-3-6;2*1-3-2/h2,6H,1,3-4H2;2*3H,1H2,2H3. The van der Waals surface area contributed by atoms with Crippen molar-refractivity contribution in [3.63, 3.8) is 0 Å². The fourth-order valence-electron chi connectivity index (χ4n) is 0.205. The largest absolute Gasteiger partial charge is 0.460 e. The Morgan fingerprint density at radius 3 is 1.86 bits per heavy atom. The molecule has 1 N–H and O–H groups in total. The first kappa shape index (κ1) is 18.4. The predicted molar refractivity (Wildman–Crippen MR) is 60.0 cm³/mol. The zero-order valence-electron chi connectivity index (χ0n) is 9.03. The fraction of sp³-hybridized carbons (Fsp3) is 0.364. The van der Waals surface area contributed by atoms with Gasteiger partial charge in [0.2, 0.25) is 0 Å². The van der Waals surface area contributed by atoms with Crippen LogP contribution < -0.4 is 0 Å². The van der Waals surface area contributed by atoms with Crippen LogP contribution in [0.4, 0.5) is 0 Å². The second-order valence-electron chi connectivity index (χ2n) is 1.91. The minimum absolute atomic E-state index is 0.0465. The Bertz CT molecular complexity index is 145. The third-order valence-corrected chi connectivity index (χ3v) is 0.502. The molecular weight excluding hydrogens is 180 g/mol. The lowest BCUT2D eigenvalue weighted by atomic mass is 10.6. The van der Waals surface area contributed by atoms with Crippen molar-refractivity contribution in [3.8, 4) is 0 Å². The van der Waals surface area contributed by atoms with Crippen LogP contribution in [0.25, 0.3) is 0 Å². The molecule has 3 nitrogen and oxygen atoms in total. The lowest BCUT2D eigenvalue weighted by molar-refractivity contribution is -0.138. The summed E-state index contributed by atoms with van der Waals surface area (Å²) in [6.45, 7) is 13.6. The van der Waals surface area contributed by atoms with Crippen LogP contribution in [0.15, 0.2) is 38.0 Å². The van der Waals surface area contributed by atoms with E-state index in [-0.39, 0.29) is 13.2 Å². The Morgan fingerprint density at radius 2 is 1.64 bits per heavy atom. The number of ether oxygens (including phenoxy) is 1. The first-order valence-corrected chi connectivity index (χ1v) is 4.18. The smallest absolute Gasteiger partial charge is 0.330 e. The number of carbonyl (C=O) groups excluding carboxylic acids is 1. The highest BCUT2D eigenvalue weighted by Crippen LogP contribution is 1.75. The number of carbonyl (C=O) groups is 1. The second-order valence-corrected chi connectivity index (χ2v) is 1.91. The van der Waals surface area contributed by atoms with Crippen molar-refractivity contribution in [1.82, 2.24) is 0 Å². The predicted octanol–water partition coefficient (Wildman–Crippen LogP) is 2.09. The first-order valence-electron chi connectivity index (χ1n) is 4.18. The van der Waals surface area contributed by atoms with Crippen LogP contribution in [0.2, 0.25) is 0 Å². The molecule has 0 spiro atoms. The summed E-state index contributed by atoms with van der Waals surface area (Å²) in [5, 5.41) is 8.10. The number of allylic oxidation sites excluding steroid dienone is 2. The van der Waals surface area contributed by atoms with Crippen molar-refractivity contribution in [2.75, 3.05) is 13.2 Å². The lowest BCUT2D eigenvalue weighted by Crippen LogP contribution is -2.04. The molecule has 0 aromatic carbocycles. The molecule has 0 radical (unpaired) electrons. The van der Waals surface area contributed by atoms with E-state index in [1.165, 1.54) is 0 Å². The van der Waals surface area contributed by atoms with E-state index in [0.717, 1.165) is 6.08 Å². The SMILES string of the molecule is C=CC.C=CC.C=CC(=O)OCCO. The Balaban J connectivity index is -0.000000168. The van der Waals surface area contributed by atoms with Gasteiger partial charge in [0.05, 0.1) is 6.61 Å². The summed E-state index contributed by atoms with van der Waals surface area (Å²) in [5.41, 5.74) is 0. The van der Waals surface area contributed by atoms with Crippen LogP contribution in [0, 0.1) is 0 Å². The summed E-state index contributed by atoms with van der Waals surface area (Å²) < 4.78 is 4.33. The third kappa shape index (κ3) is 45.9. The summed E-state index contributed by atoms with van der Waals surface area (Å²) in [6.07, 6.45) is 4.55. The van der Waals surface area contributed by atoms with E-state index >= 15 is 0 Å².